The van der Waals surface area contributed by atoms with Crippen LogP contribution in [0.2, 0.25) is 5.02 Å². The molecule has 0 aliphatic heterocycles. The molecule has 43 heavy (non-hydrogen) atoms. The molecular weight excluding hydrogens is 643 g/mol. The number of aromatic nitrogens is 1. The molecule has 0 spiro atoms. The molecular formula is C28H17ClF6NO5PS. The Morgan fingerprint density at radius 1 is 0.767 bits per heavy atom. The highest BCUT2D eigenvalue weighted by Gasteiger charge is 2.31. The van der Waals surface area contributed by atoms with E-state index in [2.05, 4.69) is 4.18 Å². The third kappa shape index (κ3) is 5.67. The number of fused-ring (bicyclic) bond motifs is 1. The van der Waals surface area contributed by atoms with Crippen LogP contribution in [-0.4, -0.2) is 20.1 Å². The highest BCUT2D eigenvalue weighted by Crippen LogP contribution is 2.37. The third-order valence-electron chi connectivity index (χ3n) is 6.18. The Morgan fingerprint density at radius 3 is 1.98 bits per heavy atom. The van der Waals surface area contributed by atoms with Gasteiger partial charge in [-0.25, -0.2) is 17.6 Å². The molecule has 1 aromatic heterocycles. The summed E-state index contributed by atoms with van der Waals surface area (Å²) in [6.45, 7) is 0. The average Bonchev–Trinajstić information content (AvgIpc) is 2.97. The summed E-state index contributed by atoms with van der Waals surface area (Å²) in [5.74, 6) is -14.5. The fourth-order valence-electron chi connectivity index (χ4n) is 4.18. The molecule has 5 aromatic rings. The van der Waals surface area contributed by atoms with Crippen molar-refractivity contribution in [3.05, 3.63) is 117 Å². The third-order valence-corrected chi connectivity index (χ3v) is 7.71. The molecule has 6 nitrogen and oxygen atoms in total. The predicted molar refractivity (Wildman–Crippen MR) is 152 cm³/mol. The molecule has 1 unspecified atom stereocenters. The van der Waals surface area contributed by atoms with E-state index in [-0.39, 0.29) is 37.3 Å². The van der Waals surface area contributed by atoms with Crippen LogP contribution < -0.4 is 14.5 Å². The maximum atomic E-state index is 14.1. The van der Waals surface area contributed by atoms with Crippen LogP contribution in [0.3, 0.4) is 0 Å². The summed E-state index contributed by atoms with van der Waals surface area (Å²) in [4.78, 5) is 12.3. The van der Waals surface area contributed by atoms with Crippen molar-refractivity contribution in [1.29, 1.82) is 0 Å². The number of pyridine rings is 1. The minimum atomic E-state index is -5.14. The highest BCUT2D eigenvalue weighted by molar-refractivity contribution is 7.87. The van der Waals surface area contributed by atoms with Gasteiger partial charge in [0.1, 0.15) is 16.5 Å². The monoisotopic (exact) mass is 659 g/mol. The molecule has 15 heteroatoms. The van der Waals surface area contributed by atoms with Gasteiger partial charge in [0.05, 0.1) is 23.3 Å². The summed E-state index contributed by atoms with van der Waals surface area (Å²) >= 11 is 6.51. The van der Waals surface area contributed by atoms with E-state index < -0.39 is 61.2 Å². The van der Waals surface area contributed by atoms with E-state index in [4.69, 9.17) is 16.3 Å². The molecule has 1 heterocycles. The zero-order valence-electron chi connectivity index (χ0n) is 21.6. The van der Waals surface area contributed by atoms with E-state index in [0.29, 0.717) is 11.1 Å². The Bertz CT molecular complexity index is 2050. The molecule has 0 radical (unpaired) electrons. The lowest BCUT2D eigenvalue weighted by Gasteiger charge is -2.17. The number of nitrogens with zero attached hydrogens (tertiary/aromatic N) is 1. The Morgan fingerprint density at radius 2 is 1.37 bits per heavy atom. The molecule has 0 saturated carbocycles. The first-order valence-corrected chi connectivity index (χ1v) is 13.4. The number of hydrogen-bond acceptors (Lipinski definition) is 5. The van der Waals surface area contributed by atoms with Gasteiger partial charge in [-0.1, -0.05) is 23.7 Å². The second kappa shape index (κ2) is 11.9. The van der Waals surface area contributed by atoms with Crippen LogP contribution >= 0.6 is 21.5 Å². The molecule has 224 valence electrons. The van der Waals surface area contributed by atoms with Gasteiger partial charge in [-0.3, -0.25) is 9.36 Å². The van der Waals surface area contributed by atoms with Gasteiger partial charge in [-0.05, 0) is 54.1 Å². The number of halogens is 7. The summed E-state index contributed by atoms with van der Waals surface area (Å²) in [6.07, 6.45) is 0. The van der Waals surface area contributed by atoms with Crippen molar-refractivity contribution in [1.82, 2.24) is 4.57 Å². The molecule has 0 aliphatic carbocycles. The van der Waals surface area contributed by atoms with E-state index in [1.807, 2.05) is 0 Å². The minimum absolute atomic E-state index is 0. The minimum Gasteiger partial charge on any atom is -0.495 e. The van der Waals surface area contributed by atoms with Crippen LogP contribution in [0.4, 0.5) is 26.3 Å². The van der Waals surface area contributed by atoms with Crippen molar-refractivity contribution >= 4 is 42.5 Å². The summed E-state index contributed by atoms with van der Waals surface area (Å²) in [7, 11) is -3.81. The number of hydrogen-bond donors (Lipinski definition) is 0. The fraction of sp³-hybridized carbons (Fsp3) is 0.0357. The molecule has 0 saturated heterocycles. The first kappa shape index (κ1) is 31.9. The van der Waals surface area contributed by atoms with Crippen molar-refractivity contribution in [2.24, 2.45) is 0 Å². The van der Waals surface area contributed by atoms with Gasteiger partial charge >= 0.3 is 10.1 Å². The van der Waals surface area contributed by atoms with Crippen LogP contribution in [0.25, 0.3) is 27.7 Å². The van der Waals surface area contributed by atoms with Crippen LogP contribution in [0, 0.1) is 34.9 Å². The lowest BCUT2D eigenvalue weighted by Crippen LogP contribution is -2.19. The molecule has 0 bridgehead atoms. The van der Waals surface area contributed by atoms with Crippen molar-refractivity contribution in [2.45, 2.75) is 4.90 Å². The van der Waals surface area contributed by atoms with E-state index in [9.17, 15) is 39.6 Å². The normalized spacial score (nSPS) is 11.3. The van der Waals surface area contributed by atoms with Crippen LogP contribution in [0.15, 0.2) is 76.4 Å². The molecule has 0 aliphatic rings. The number of ether oxygens (including phenoxy) is 1. The number of benzene rings is 4. The SMILES string of the molecule is COc1cc(-c2ccc(F)cc2)c(Cl)cc1-n1c(=O)ccc2cc(S(=O)(=O)Oc3c(F)c(F)c(F)c(F)c3F)ccc21.P. The lowest BCUT2D eigenvalue weighted by molar-refractivity contribution is 0.346. The average molecular weight is 660 g/mol. The van der Waals surface area contributed by atoms with Crippen LogP contribution in [0.1, 0.15) is 0 Å². The maximum absolute atomic E-state index is 14.1. The smallest absolute Gasteiger partial charge is 0.339 e. The standard InChI is InChI=1S/C28H14ClF6NO5S.H3P/c1-40-21-11-17(13-2-5-15(30)6-3-13)18(29)12-20(21)36-19-8-7-16(10-14(19)4-9-22(36)37)42(38,39)41-28-26(34)24(32)23(31)25(33)27(28)35;/h2-12H,1H3;1H3. The van der Waals surface area contributed by atoms with E-state index in [0.717, 1.165) is 28.8 Å². The molecule has 0 N–H and O–H groups in total. The first-order valence-electron chi connectivity index (χ1n) is 11.6. The predicted octanol–water partition coefficient (Wildman–Crippen LogP) is 6.98. The molecule has 0 amide bonds. The van der Waals surface area contributed by atoms with Gasteiger partial charge in [-0.15, -0.1) is 0 Å². The molecule has 5 rings (SSSR count). The summed E-state index contributed by atoms with van der Waals surface area (Å²) in [6, 6.07) is 13.8. The largest absolute Gasteiger partial charge is 0.495 e. The van der Waals surface area contributed by atoms with Gasteiger partial charge in [-0.2, -0.15) is 27.1 Å². The zero-order valence-corrected chi connectivity index (χ0v) is 24.6. The van der Waals surface area contributed by atoms with E-state index in [1.54, 1.807) is 0 Å². The van der Waals surface area contributed by atoms with Crippen LogP contribution in [0.5, 0.6) is 11.5 Å². The topological polar surface area (TPSA) is 74.6 Å². The second-order valence-electron chi connectivity index (χ2n) is 8.67. The van der Waals surface area contributed by atoms with Gasteiger partial charge in [0.2, 0.25) is 34.8 Å². The Kier molecular flexibility index (Phi) is 8.82. The first-order chi connectivity index (χ1) is 19.8. The van der Waals surface area contributed by atoms with Gasteiger partial charge in [0, 0.05) is 17.0 Å². The quantitative estimate of drug-likeness (QED) is 0.0647. The van der Waals surface area contributed by atoms with Crippen molar-refractivity contribution in [3.63, 3.8) is 0 Å². The van der Waals surface area contributed by atoms with E-state index >= 15 is 0 Å². The lowest BCUT2D eigenvalue weighted by atomic mass is 10.0. The zero-order chi connectivity index (χ0) is 30.5. The second-order valence-corrected chi connectivity index (χ2v) is 10.6. The highest BCUT2D eigenvalue weighted by atomic mass is 35.5. The molecule has 1 atom stereocenters. The van der Waals surface area contributed by atoms with E-state index in [1.165, 1.54) is 49.6 Å². The van der Waals surface area contributed by atoms with Gasteiger partial charge in [0.15, 0.2) is 0 Å². The van der Waals surface area contributed by atoms with Gasteiger partial charge < -0.3 is 8.92 Å². The van der Waals surface area contributed by atoms with Gasteiger partial charge in [0.25, 0.3) is 5.56 Å². The van der Waals surface area contributed by atoms with Crippen molar-refractivity contribution in [3.8, 4) is 28.3 Å². The number of methoxy groups -OCH3 is 1. The summed E-state index contributed by atoms with van der Waals surface area (Å²) in [5.41, 5.74) is 0.711. The Labute approximate surface area is 247 Å². The maximum Gasteiger partial charge on any atom is 0.339 e. The molecule has 4 aromatic carbocycles. The summed E-state index contributed by atoms with van der Waals surface area (Å²) < 4.78 is 119. The fourth-order valence-corrected chi connectivity index (χ4v) is 5.41. The summed E-state index contributed by atoms with van der Waals surface area (Å²) in [5, 5.41) is 0.259. The molecule has 0 fully saturated rings. The Hall–Kier alpha value is -4.06. The Balaban J connectivity index is 0.00000423. The van der Waals surface area contributed by atoms with Crippen molar-refractivity contribution < 1.29 is 43.7 Å². The number of rotatable bonds is 6. The van der Waals surface area contributed by atoms with Crippen LogP contribution in [-0.2, 0) is 10.1 Å². The van der Waals surface area contributed by atoms with Crippen molar-refractivity contribution in [2.75, 3.05) is 7.11 Å².